The van der Waals surface area contributed by atoms with Crippen molar-refractivity contribution in [1.29, 1.82) is 0 Å². The molecule has 28 heavy (non-hydrogen) atoms. The fraction of sp³-hybridized carbons (Fsp3) is 0.526. The van der Waals surface area contributed by atoms with E-state index < -0.39 is 0 Å². The van der Waals surface area contributed by atoms with Gasteiger partial charge < -0.3 is 15.5 Å². The molecule has 0 aromatic carbocycles. The molecule has 0 spiro atoms. The monoisotopic (exact) mass is 383 g/mol. The van der Waals surface area contributed by atoms with E-state index in [0.717, 1.165) is 23.0 Å². The number of piperidine rings is 1. The van der Waals surface area contributed by atoms with Crippen LogP contribution in [0.15, 0.2) is 18.5 Å². The molecular formula is C19H25N7O2. The molecule has 4 heterocycles. The van der Waals surface area contributed by atoms with Crippen molar-refractivity contribution >= 4 is 17.6 Å². The van der Waals surface area contributed by atoms with E-state index in [0.29, 0.717) is 39.0 Å². The largest absolute Gasteiger partial charge is 0.369 e. The van der Waals surface area contributed by atoms with Crippen molar-refractivity contribution < 1.29 is 9.59 Å². The zero-order chi connectivity index (χ0) is 19.8. The first-order valence-corrected chi connectivity index (χ1v) is 9.61. The van der Waals surface area contributed by atoms with Crippen molar-refractivity contribution in [3.63, 3.8) is 0 Å². The molecule has 0 saturated carbocycles. The lowest BCUT2D eigenvalue weighted by Crippen LogP contribution is -2.56. The predicted octanol–water partition coefficient (Wildman–Crippen LogP) is 0.439. The molecule has 2 fully saturated rings. The van der Waals surface area contributed by atoms with Gasteiger partial charge in [0.25, 0.3) is 0 Å². The molecule has 4 rings (SSSR count). The van der Waals surface area contributed by atoms with Gasteiger partial charge in [-0.3, -0.25) is 9.59 Å². The van der Waals surface area contributed by atoms with Crippen molar-refractivity contribution in [2.24, 2.45) is 17.6 Å². The SMILES string of the molecule is Cc1cc(C)n(-c2cc(N3CC(C(=O)N4CCC(C(N)=O)CC4)C3)ncn2)n1. The van der Waals surface area contributed by atoms with Crippen LogP contribution in [-0.2, 0) is 9.59 Å². The summed E-state index contributed by atoms with van der Waals surface area (Å²) in [6.45, 7) is 6.44. The lowest BCUT2D eigenvalue weighted by molar-refractivity contribution is -0.139. The number of likely N-dealkylation sites (tertiary alicyclic amines) is 1. The Morgan fingerprint density at radius 2 is 1.71 bits per heavy atom. The second-order valence-electron chi connectivity index (χ2n) is 7.68. The third kappa shape index (κ3) is 3.44. The number of carbonyl (C=O) groups is 2. The highest BCUT2D eigenvalue weighted by Crippen LogP contribution is 2.27. The van der Waals surface area contributed by atoms with Gasteiger partial charge in [0.15, 0.2) is 5.82 Å². The van der Waals surface area contributed by atoms with E-state index in [-0.39, 0.29) is 23.7 Å². The van der Waals surface area contributed by atoms with Crippen LogP contribution in [0.4, 0.5) is 5.82 Å². The lowest BCUT2D eigenvalue weighted by atomic mass is 9.93. The van der Waals surface area contributed by atoms with Gasteiger partial charge in [-0.2, -0.15) is 5.10 Å². The van der Waals surface area contributed by atoms with Crippen LogP contribution in [0.1, 0.15) is 24.2 Å². The van der Waals surface area contributed by atoms with E-state index in [1.807, 2.05) is 30.9 Å². The standard InChI is InChI=1S/C19H25N7O2/c1-12-7-13(2)26(23-12)17-8-16(21-11-22-17)25-9-15(10-25)19(28)24-5-3-14(4-6-24)18(20)27/h7-8,11,14-15H,3-6,9-10H2,1-2H3,(H2,20,27). The van der Waals surface area contributed by atoms with Gasteiger partial charge in [0.05, 0.1) is 11.6 Å². The second-order valence-corrected chi connectivity index (χ2v) is 7.68. The Bertz CT molecular complexity index is 895. The number of hydrogen-bond acceptors (Lipinski definition) is 6. The van der Waals surface area contributed by atoms with Gasteiger partial charge >= 0.3 is 0 Å². The maximum absolute atomic E-state index is 12.7. The molecule has 9 nitrogen and oxygen atoms in total. The Hall–Kier alpha value is -2.97. The molecule has 2 aliphatic rings. The number of hydrogen-bond donors (Lipinski definition) is 1. The smallest absolute Gasteiger partial charge is 0.229 e. The first-order chi connectivity index (χ1) is 13.4. The topological polar surface area (TPSA) is 110 Å². The molecule has 2 aromatic rings. The Labute approximate surface area is 163 Å². The van der Waals surface area contributed by atoms with E-state index in [1.165, 1.54) is 6.33 Å². The fourth-order valence-electron chi connectivity index (χ4n) is 3.95. The summed E-state index contributed by atoms with van der Waals surface area (Å²) in [4.78, 5) is 36.6. The summed E-state index contributed by atoms with van der Waals surface area (Å²) in [5, 5.41) is 4.46. The van der Waals surface area contributed by atoms with E-state index in [4.69, 9.17) is 5.73 Å². The van der Waals surface area contributed by atoms with E-state index in [2.05, 4.69) is 20.0 Å². The van der Waals surface area contributed by atoms with E-state index in [9.17, 15) is 9.59 Å². The van der Waals surface area contributed by atoms with Crippen LogP contribution in [0.3, 0.4) is 0 Å². The first kappa shape index (κ1) is 18.4. The molecule has 2 saturated heterocycles. The summed E-state index contributed by atoms with van der Waals surface area (Å²) in [6, 6.07) is 3.90. The summed E-state index contributed by atoms with van der Waals surface area (Å²) in [5.41, 5.74) is 7.32. The average Bonchev–Trinajstić information content (AvgIpc) is 2.99. The number of carbonyl (C=O) groups excluding carboxylic acids is 2. The van der Waals surface area contributed by atoms with Gasteiger partial charge in [0, 0.05) is 43.9 Å². The quantitative estimate of drug-likeness (QED) is 0.820. The molecule has 0 bridgehead atoms. The van der Waals surface area contributed by atoms with Crippen molar-refractivity contribution in [3.8, 4) is 5.82 Å². The summed E-state index contributed by atoms with van der Waals surface area (Å²) in [5.74, 6) is 1.29. The summed E-state index contributed by atoms with van der Waals surface area (Å²) in [6.07, 6.45) is 2.86. The number of aryl methyl sites for hydroxylation is 2. The number of aromatic nitrogens is 4. The minimum absolute atomic E-state index is 0.0303. The number of nitrogens with two attached hydrogens (primary N) is 1. The highest BCUT2D eigenvalue weighted by Gasteiger charge is 2.37. The Kier molecular flexibility index (Phi) is 4.74. The van der Waals surface area contributed by atoms with Crippen LogP contribution in [0.25, 0.3) is 5.82 Å². The molecule has 2 N–H and O–H groups in total. The molecule has 2 aliphatic heterocycles. The molecule has 2 amide bonds. The molecule has 0 atom stereocenters. The molecular weight excluding hydrogens is 358 g/mol. The van der Waals surface area contributed by atoms with Gasteiger partial charge in [0.1, 0.15) is 12.1 Å². The maximum atomic E-state index is 12.7. The van der Waals surface area contributed by atoms with Crippen molar-refractivity contribution in [2.75, 3.05) is 31.1 Å². The Morgan fingerprint density at radius 3 is 2.32 bits per heavy atom. The van der Waals surface area contributed by atoms with Gasteiger partial charge in [-0.15, -0.1) is 0 Å². The normalized spacial score (nSPS) is 18.2. The van der Waals surface area contributed by atoms with Gasteiger partial charge in [-0.05, 0) is 32.8 Å². The Balaban J connectivity index is 1.37. The zero-order valence-corrected chi connectivity index (χ0v) is 16.2. The first-order valence-electron chi connectivity index (χ1n) is 9.61. The van der Waals surface area contributed by atoms with Crippen LogP contribution in [0.5, 0.6) is 0 Å². The molecule has 9 heteroatoms. The molecule has 0 aliphatic carbocycles. The van der Waals surface area contributed by atoms with Crippen LogP contribution in [0, 0.1) is 25.7 Å². The maximum Gasteiger partial charge on any atom is 0.229 e. The van der Waals surface area contributed by atoms with Gasteiger partial charge in [-0.1, -0.05) is 0 Å². The van der Waals surface area contributed by atoms with Crippen LogP contribution in [-0.4, -0.2) is 62.6 Å². The third-order valence-electron chi connectivity index (χ3n) is 5.63. The summed E-state index contributed by atoms with van der Waals surface area (Å²) in [7, 11) is 0. The molecule has 148 valence electrons. The van der Waals surface area contributed by atoms with Crippen LogP contribution >= 0.6 is 0 Å². The Morgan fingerprint density at radius 1 is 1.04 bits per heavy atom. The number of rotatable bonds is 4. The van der Waals surface area contributed by atoms with Crippen LogP contribution < -0.4 is 10.6 Å². The highest BCUT2D eigenvalue weighted by atomic mass is 16.2. The lowest BCUT2D eigenvalue weighted by Gasteiger charge is -2.42. The number of amides is 2. The minimum atomic E-state index is -0.260. The van der Waals surface area contributed by atoms with Crippen molar-refractivity contribution in [1.82, 2.24) is 24.6 Å². The summed E-state index contributed by atoms with van der Waals surface area (Å²) >= 11 is 0. The number of primary amides is 1. The zero-order valence-electron chi connectivity index (χ0n) is 16.2. The van der Waals surface area contributed by atoms with Gasteiger partial charge in [0.2, 0.25) is 11.8 Å². The number of anilines is 1. The average molecular weight is 383 g/mol. The van der Waals surface area contributed by atoms with Crippen molar-refractivity contribution in [2.45, 2.75) is 26.7 Å². The molecule has 2 aromatic heterocycles. The number of nitrogens with zero attached hydrogens (tertiary/aromatic N) is 6. The minimum Gasteiger partial charge on any atom is -0.369 e. The third-order valence-corrected chi connectivity index (χ3v) is 5.63. The molecule has 0 unspecified atom stereocenters. The fourth-order valence-corrected chi connectivity index (χ4v) is 3.95. The van der Waals surface area contributed by atoms with E-state index in [1.54, 1.807) is 4.68 Å². The van der Waals surface area contributed by atoms with Crippen LogP contribution in [0.2, 0.25) is 0 Å². The second kappa shape index (κ2) is 7.21. The summed E-state index contributed by atoms with van der Waals surface area (Å²) < 4.78 is 1.80. The van der Waals surface area contributed by atoms with Crippen molar-refractivity contribution in [3.05, 3.63) is 29.8 Å². The van der Waals surface area contributed by atoms with E-state index >= 15 is 0 Å². The molecule has 0 radical (unpaired) electrons. The highest BCUT2D eigenvalue weighted by molar-refractivity contribution is 5.82. The predicted molar refractivity (Wildman–Crippen MR) is 103 cm³/mol. The van der Waals surface area contributed by atoms with Gasteiger partial charge in [-0.25, -0.2) is 14.6 Å².